The summed E-state index contributed by atoms with van der Waals surface area (Å²) < 4.78 is 17.0. The Bertz CT molecular complexity index is 71.7. The van der Waals surface area contributed by atoms with Crippen LogP contribution in [0, 0.1) is 0 Å². The van der Waals surface area contributed by atoms with Gasteiger partial charge in [-0.3, -0.25) is 0 Å². The maximum absolute atomic E-state index is 8.48. The van der Waals surface area contributed by atoms with E-state index in [1.807, 2.05) is 0 Å². The zero-order valence-electron chi connectivity index (χ0n) is 3.95. The molecule has 0 amide bonds. The average molecular weight is 285 g/mol. The summed E-state index contributed by atoms with van der Waals surface area (Å²) in [6.07, 6.45) is 0. The van der Waals surface area contributed by atoms with E-state index in [-0.39, 0.29) is 34.1 Å². The van der Waals surface area contributed by atoms with Crippen LogP contribution in [-0.2, 0) is 43.3 Å². The molecule has 0 saturated heterocycles. The molecular weight excluding hydrogens is 285 g/mol. The Morgan fingerprint density at radius 1 is 0.700 bits per heavy atom. The van der Waals surface area contributed by atoms with Crippen LogP contribution < -0.4 is 19.6 Å². The van der Waals surface area contributed by atoms with Crippen LogP contribution in [0.3, 0.4) is 0 Å². The van der Waals surface area contributed by atoms with Crippen molar-refractivity contribution in [2.45, 2.75) is 0 Å². The van der Waals surface area contributed by atoms with E-state index < -0.39 is 16.5 Å². The van der Waals surface area contributed by atoms with Gasteiger partial charge >= 0.3 is 34.1 Å². The molecule has 0 bridgehead atoms. The van der Waals surface area contributed by atoms with Gasteiger partial charge in [0.2, 0.25) is 0 Å². The van der Waals surface area contributed by atoms with E-state index in [2.05, 4.69) is 0 Å². The van der Waals surface area contributed by atoms with Crippen LogP contribution in [0.4, 0.5) is 0 Å². The normalized spacial score (nSPS) is 5.20. The summed E-state index contributed by atoms with van der Waals surface area (Å²) in [5.41, 5.74) is 0. The van der Waals surface area contributed by atoms with Crippen molar-refractivity contribution in [3.05, 3.63) is 0 Å². The molecule has 0 aromatic rings. The van der Waals surface area contributed by atoms with E-state index in [0.29, 0.717) is 0 Å². The molecule has 0 aromatic carbocycles. The van der Waals surface area contributed by atoms with Crippen molar-refractivity contribution in [1.82, 2.24) is 0 Å². The molecule has 0 aromatic heterocycles. The topological polar surface area (TPSA) is 126 Å². The van der Waals surface area contributed by atoms with E-state index in [9.17, 15) is 0 Å². The minimum absolute atomic E-state index is 0. The van der Waals surface area contributed by atoms with Crippen molar-refractivity contribution >= 4 is 16.5 Å². The molecule has 0 aliphatic heterocycles. The second-order valence-electron chi connectivity index (χ2n) is 0.447. The number of hydrogen-bond acceptors (Lipinski definition) is 6. The molecular formula is Cu2O6P2+2. The molecule has 0 heterocycles. The Kier molecular flexibility index (Phi) is 37.2. The summed E-state index contributed by atoms with van der Waals surface area (Å²) in [5.74, 6) is 0. The first kappa shape index (κ1) is 22.5. The average Bonchev–Trinajstić information content (AvgIpc) is 1.25. The summed E-state index contributed by atoms with van der Waals surface area (Å²) >= 11 is 0. The van der Waals surface area contributed by atoms with E-state index in [1.54, 1.807) is 0 Å². The molecule has 0 spiro atoms. The molecule has 0 unspecified atom stereocenters. The molecule has 6 nitrogen and oxygen atoms in total. The van der Waals surface area contributed by atoms with Gasteiger partial charge < -0.3 is 19.6 Å². The Labute approximate surface area is 79.5 Å². The quantitative estimate of drug-likeness (QED) is 0.339. The molecule has 0 aliphatic carbocycles. The van der Waals surface area contributed by atoms with Gasteiger partial charge in [0, 0.05) is 0 Å². The van der Waals surface area contributed by atoms with E-state index >= 15 is 0 Å². The molecule has 0 N–H and O–H groups in total. The van der Waals surface area contributed by atoms with Crippen LogP contribution in [0.15, 0.2) is 0 Å². The van der Waals surface area contributed by atoms with Crippen LogP contribution in [0.5, 0.6) is 0 Å². The Morgan fingerprint density at radius 2 is 0.700 bits per heavy atom. The van der Waals surface area contributed by atoms with Gasteiger partial charge in [0.1, 0.15) is 0 Å². The monoisotopic (exact) mass is 284 g/mol. The maximum Gasteiger partial charge on any atom is 2.00 e. The number of rotatable bonds is 0. The summed E-state index contributed by atoms with van der Waals surface area (Å²) in [4.78, 5) is 33.9. The molecule has 10 heteroatoms. The predicted molar refractivity (Wildman–Crippen MR) is 15.2 cm³/mol. The molecule has 10 heavy (non-hydrogen) atoms. The van der Waals surface area contributed by atoms with Crippen molar-refractivity contribution in [2.75, 3.05) is 0 Å². The smallest absolute Gasteiger partial charge is 0.598 e. The van der Waals surface area contributed by atoms with Gasteiger partial charge in [-0.25, -0.2) is 0 Å². The Balaban J connectivity index is -0.0000000300. The van der Waals surface area contributed by atoms with Crippen molar-refractivity contribution in [3.8, 4) is 0 Å². The molecule has 0 atom stereocenters. The minimum Gasteiger partial charge on any atom is -0.598 e. The second kappa shape index (κ2) is 16.6. The van der Waals surface area contributed by atoms with Gasteiger partial charge in [-0.15, -0.1) is 0 Å². The van der Waals surface area contributed by atoms with Gasteiger partial charge in [-0.05, 0) is 0 Å². The second-order valence-corrected chi connectivity index (χ2v) is 1.34. The summed E-state index contributed by atoms with van der Waals surface area (Å²) in [6.45, 7) is 0. The van der Waals surface area contributed by atoms with Crippen LogP contribution in [0.1, 0.15) is 0 Å². The van der Waals surface area contributed by atoms with Crippen molar-refractivity contribution < 1.29 is 62.8 Å². The molecule has 2 radical (unpaired) electrons. The fraction of sp³-hybridized carbons (Fsp3) is 0. The van der Waals surface area contributed by atoms with Gasteiger partial charge in [-0.1, -0.05) is 9.13 Å². The van der Waals surface area contributed by atoms with Gasteiger partial charge in [0.25, 0.3) is 16.5 Å². The van der Waals surface area contributed by atoms with E-state index in [1.165, 1.54) is 0 Å². The fourth-order valence-corrected chi connectivity index (χ4v) is 0. The molecule has 0 saturated carbocycles. The van der Waals surface area contributed by atoms with Crippen molar-refractivity contribution in [1.29, 1.82) is 0 Å². The third-order valence-corrected chi connectivity index (χ3v) is 0. The van der Waals surface area contributed by atoms with Gasteiger partial charge in [0.15, 0.2) is 0 Å². The molecule has 0 aliphatic rings. The number of hydrogen-bond donors (Lipinski definition) is 0. The maximum atomic E-state index is 8.48. The van der Waals surface area contributed by atoms with Crippen molar-refractivity contribution in [2.24, 2.45) is 0 Å². The third kappa shape index (κ3) is 509. The zero-order chi connectivity index (χ0) is 7.15. The standard InChI is InChI=1S/2Cu.2HO3P/c;;2*1-4(2)3/h;;2*(H,1,2,3)/q2*+2;;/p-2. The SMILES string of the molecule is O=[P+]([O-])[O-].O=[P+]([O-])[O-].[Cu+2].[Cu+2]. The first-order valence-electron chi connectivity index (χ1n) is 1.10. The third-order valence-electron chi connectivity index (χ3n) is 0. The summed E-state index contributed by atoms with van der Waals surface area (Å²) in [7, 11) is -6.74. The summed E-state index contributed by atoms with van der Waals surface area (Å²) in [6, 6.07) is 0. The first-order chi connectivity index (χ1) is 3.46. The zero-order valence-corrected chi connectivity index (χ0v) is 7.62. The molecule has 66 valence electrons. The first-order valence-corrected chi connectivity index (χ1v) is 3.29. The summed E-state index contributed by atoms with van der Waals surface area (Å²) in [5, 5.41) is 0. The van der Waals surface area contributed by atoms with Crippen LogP contribution in [-0.4, -0.2) is 0 Å². The van der Waals surface area contributed by atoms with Gasteiger partial charge in [0.05, 0.1) is 0 Å². The van der Waals surface area contributed by atoms with E-state index in [0.717, 1.165) is 0 Å². The van der Waals surface area contributed by atoms with E-state index in [4.69, 9.17) is 28.7 Å². The predicted octanol–water partition coefficient (Wildman–Crippen LogP) is -3.28. The Hall–Kier alpha value is 1.08. The van der Waals surface area contributed by atoms with Crippen LogP contribution >= 0.6 is 16.5 Å². The minimum atomic E-state index is -3.37. The largest absolute Gasteiger partial charge is 2.00 e. The molecule has 0 fully saturated rings. The van der Waals surface area contributed by atoms with Crippen molar-refractivity contribution in [3.63, 3.8) is 0 Å². The van der Waals surface area contributed by atoms with Crippen LogP contribution in [0.2, 0.25) is 0 Å². The van der Waals surface area contributed by atoms with Crippen LogP contribution in [0.25, 0.3) is 0 Å². The Morgan fingerprint density at radius 3 is 0.700 bits per heavy atom. The fourth-order valence-electron chi connectivity index (χ4n) is 0. The van der Waals surface area contributed by atoms with Gasteiger partial charge in [-0.2, -0.15) is 0 Å². The molecule has 0 rings (SSSR count).